The van der Waals surface area contributed by atoms with E-state index in [4.69, 9.17) is 4.74 Å². The number of nitrogens with one attached hydrogen (secondary N) is 1. The predicted octanol–water partition coefficient (Wildman–Crippen LogP) is 2.11. The second-order valence-corrected chi connectivity index (χ2v) is 6.17. The van der Waals surface area contributed by atoms with E-state index in [1.807, 2.05) is 36.6 Å². The molecule has 0 atom stereocenters. The Morgan fingerprint density at radius 2 is 2.08 bits per heavy atom. The molecule has 0 spiro atoms. The van der Waals surface area contributed by atoms with Crippen LogP contribution in [0.15, 0.2) is 40.6 Å². The van der Waals surface area contributed by atoms with Crippen molar-refractivity contribution in [2.45, 2.75) is 6.92 Å². The highest BCUT2D eigenvalue weighted by Gasteiger charge is 2.16. The molecule has 0 bridgehead atoms. The van der Waals surface area contributed by atoms with Crippen LogP contribution in [0.5, 0.6) is 0 Å². The molecule has 1 N–H and O–H groups in total. The molecular formula is C17H17N3O3S. The standard InChI is InChI=1S/C17H17N3O3S/c1-11-3-5-12(6-4-11)14-10-24-17-19-9-13(16(22)20(14)17)15(21)18-7-8-23-2/h3-6,9-10H,7-8H2,1-2H3,(H,18,21). The summed E-state index contributed by atoms with van der Waals surface area (Å²) < 4.78 is 6.38. The summed E-state index contributed by atoms with van der Waals surface area (Å²) in [6.45, 7) is 2.73. The van der Waals surface area contributed by atoms with E-state index in [0.717, 1.165) is 16.8 Å². The van der Waals surface area contributed by atoms with Gasteiger partial charge in [-0.05, 0) is 12.5 Å². The van der Waals surface area contributed by atoms with Crippen molar-refractivity contribution < 1.29 is 9.53 Å². The number of thiazole rings is 1. The fourth-order valence-electron chi connectivity index (χ4n) is 2.34. The number of methoxy groups -OCH3 is 1. The summed E-state index contributed by atoms with van der Waals surface area (Å²) in [5.74, 6) is -0.444. The number of rotatable bonds is 5. The minimum absolute atomic E-state index is 0.0235. The highest BCUT2D eigenvalue weighted by atomic mass is 32.1. The van der Waals surface area contributed by atoms with Gasteiger partial charge >= 0.3 is 0 Å². The molecule has 0 saturated heterocycles. The Morgan fingerprint density at radius 3 is 2.79 bits per heavy atom. The summed E-state index contributed by atoms with van der Waals surface area (Å²) in [7, 11) is 1.55. The topological polar surface area (TPSA) is 72.7 Å². The minimum Gasteiger partial charge on any atom is -0.383 e. The minimum atomic E-state index is -0.444. The third-order valence-corrected chi connectivity index (χ3v) is 4.47. The summed E-state index contributed by atoms with van der Waals surface area (Å²) in [4.78, 5) is 29.7. The summed E-state index contributed by atoms with van der Waals surface area (Å²) in [6.07, 6.45) is 1.33. The highest BCUT2D eigenvalue weighted by Crippen LogP contribution is 2.24. The second kappa shape index (κ2) is 6.94. The number of amides is 1. The van der Waals surface area contributed by atoms with Crippen molar-refractivity contribution >= 4 is 22.2 Å². The van der Waals surface area contributed by atoms with Gasteiger partial charge in [-0.2, -0.15) is 0 Å². The summed E-state index contributed by atoms with van der Waals surface area (Å²) in [5.41, 5.74) is 2.44. The SMILES string of the molecule is COCCNC(=O)c1cnc2scc(-c3ccc(C)cc3)n2c1=O. The third-order valence-electron chi connectivity index (χ3n) is 3.63. The van der Waals surface area contributed by atoms with E-state index in [0.29, 0.717) is 18.1 Å². The monoisotopic (exact) mass is 343 g/mol. The first-order chi connectivity index (χ1) is 11.6. The van der Waals surface area contributed by atoms with Crippen LogP contribution in [0.3, 0.4) is 0 Å². The van der Waals surface area contributed by atoms with Gasteiger partial charge in [-0.1, -0.05) is 29.8 Å². The largest absolute Gasteiger partial charge is 0.383 e. The smallest absolute Gasteiger partial charge is 0.271 e. The molecule has 0 aliphatic carbocycles. The Kier molecular flexibility index (Phi) is 4.73. The van der Waals surface area contributed by atoms with Crippen molar-refractivity contribution in [3.63, 3.8) is 0 Å². The highest BCUT2D eigenvalue weighted by molar-refractivity contribution is 7.15. The van der Waals surface area contributed by atoms with Gasteiger partial charge in [-0.3, -0.25) is 14.0 Å². The van der Waals surface area contributed by atoms with E-state index in [1.54, 1.807) is 7.11 Å². The maximum absolute atomic E-state index is 12.8. The molecule has 24 heavy (non-hydrogen) atoms. The zero-order chi connectivity index (χ0) is 17.1. The lowest BCUT2D eigenvalue weighted by Crippen LogP contribution is -2.33. The van der Waals surface area contributed by atoms with Crippen LogP contribution in [0.25, 0.3) is 16.2 Å². The number of carbonyl (C=O) groups excluding carboxylic acids is 1. The third kappa shape index (κ3) is 3.08. The molecule has 1 amide bonds. The average Bonchev–Trinajstić information content (AvgIpc) is 3.01. The Morgan fingerprint density at radius 1 is 1.33 bits per heavy atom. The van der Waals surface area contributed by atoms with Crippen LogP contribution in [-0.2, 0) is 4.74 Å². The molecule has 0 aliphatic heterocycles. The molecular weight excluding hydrogens is 326 g/mol. The van der Waals surface area contributed by atoms with Crippen molar-refractivity contribution in [1.29, 1.82) is 0 Å². The lowest BCUT2D eigenvalue weighted by molar-refractivity contribution is 0.0935. The van der Waals surface area contributed by atoms with Crippen LogP contribution in [-0.4, -0.2) is 35.6 Å². The van der Waals surface area contributed by atoms with Crippen molar-refractivity contribution in [1.82, 2.24) is 14.7 Å². The number of fused-ring (bicyclic) bond motifs is 1. The number of aryl methyl sites for hydroxylation is 1. The first-order valence-electron chi connectivity index (χ1n) is 7.45. The van der Waals surface area contributed by atoms with E-state index in [1.165, 1.54) is 21.9 Å². The van der Waals surface area contributed by atoms with E-state index in [9.17, 15) is 9.59 Å². The van der Waals surface area contributed by atoms with Gasteiger partial charge in [0.2, 0.25) is 0 Å². The molecule has 0 aliphatic rings. The predicted molar refractivity (Wildman–Crippen MR) is 93.7 cm³/mol. The maximum Gasteiger partial charge on any atom is 0.271 e. The molecule has 0 fully saturated rings. The van der Waals surface area contributed by atoms with Crippen LogP contribution >= 0.6 is 11.3 Å². The zero-order valence-corrected chi connectivity index (χ0v) is 14.2. The lowest BCUT2D eigenvalue weighted by Gasteiger charge is -2.06. The normalized spacial score (nSPS) is 10.9. The molecule has 0 unspecified atom stereocenters. The molecule has 1 aromatic carbocycles. The van der Waals surface area contributed by atoms with Crippen molar-refractivity contribution in [3.8, 4) is 11.3 Å². The molecule has 124 valence electrons. The molecule has 6 nitrogen and oxygen atoms in total. The van der Waals surface area contributed by atoms with Crippen molar-refractivity contribution in [3.05, 3.63) is 57.3 Å². The Balaban J connectivity index is 2.04. The van der Waals surface area contributed by atoms with E-state index in [-0.39, 0.29) is 11.1 Å². The molecule has 2 aromatic heterocycles. The molecule has 0 radical (unpaired) electrons. The van der Waals surface area contributed by atoms with Crippen LogP contribution in [0.4, 0.5) is 0 Å². The maximum atomic E-state index is 12.8. The van der Waals surface area contributed by atoms with Gasteiger partial charge < -0.3 is 10.1 Å². The summed E-state index contributed by atoms with van der Waals surface area (Å²) in [6, 6.07) is 7.88. The van der Waals surface area contributed by atoms with Crippen LogP contribution in [0.1, 0.15) is 15.9 Å². The van der Waals surface area contributed by atoms with Gasteiger partial charge in [-0.25, -0.2) is 4.98 Å². The van der Waals surface area contributed by atoms with Crippen molar-refractivity contribution in [2.75, 3.05) is 20.3 Å². The zero-order valence-electron chi connectivity index (χ0n) is 13.4. The fraction of sp³-hybridized carbons (Fsp3) is 0.235. The summed E-state index contributed by atoms with van der Waals surface area (Å²) in [5, 5.41) is 4.53. The quantitative estimate of drug-likeness (QED) is 0.720. The van der Waals surface area contributed by atoms with E-state index >= 15 is 0 Å². The van der Waals surface area contributed by atoms with Gasteiger partial charge in [-0.15, -0.1) is 11.3 Å². The number of hydrogen-bond acceptors (Lipinski definition) is 5. The Hall–Kier alpha value is -2.51. The molecule has 2 heterocycles. The van der Waals surface area contributed by atoms with Crippen molar-refractivity contribution in [2.24, 2.45) is 0 Å². The average molecular weight is 343 g/mol. The molecule has 7 heteroatoms. The number of carbonyl (C=O) groups is 1. The van der Waals surface area contributed by atoms with E-state index in [2.05, 4.69) is 10.3 Å². The number of aromatic nitrogens is 2. The fourth-order valence-corrected chi connectivity index (χ4v) is 3.19. The Labute approximate surface area is 142 Å². The molecule has 0 saturated carbocycles. The number of hydrogen-bond donors (Lipinski definition) is 1. The summed E-state index contributed by atoms with van der Waals surface area (Å²) >= 11 is 1.37. The van der Waals surface area contributed by atoms with Crippen LogP contribution in [0, 0.1) is 6.92 Å². The Bertz CT molecular complexity index is 928. The van der Waals surface area contributed by atoms with Gasteiger partial charge in [0.1, 0.15) is 5.56 Å². The molecule has 3 rings (SSSR count). The van der Waals surface area contributed by atoms with Gasteiger partial charge in [0, 0.05) is 25.2 Å². The van der Waals surface area contributed by atoms with Crippen LogP contribution in [0.2, 0.25) is 0 Å². The first kappa shape index (κ1) is 16.4. The number of benzene rings is 1. The van der Waals surface area contributed by atoms with Gasteiger partial charge in [0.05, 0.1) is 12.3 Å². The first-order valence-corrected chi connectivity index (χ1v) is 8.33. The number of nitrogens with zero attached hydrogens (tertiary/aromatic N) is 2. The number of ether oxygens (including phenoxy) is 1. The lowest BCUT2D eigenvalue weighted by atomic mass is 10.1. The van der Waals surface area contributed by atoms with Crippen LogP contribution < -0.4 is 10.9 Å². The van der Waals surface area contributed by atoms with Gasteiger partial charge in [0.15, 0.2) is 4.96 Å². The van der Waals surface area contributed by atoms with E-state index < -0.39 is 5.91 Å². The second-order valence-electron chi connectivity index (χ2n) is 5.33. The van der Waals surface area contributed by atoms with Gasteiger partial charge in [0.25, 0.3) is 11.5 Å². The molecule has 3 aromatic rings.